The zero-order valence-corrected chi connectivity index (χ0v) is 11.7. The maximum atomic E-state index is 12.8. The summed E-state index contributed by atoms with van der Waals surface area (Å²) in [4.78, 5) is 4.09. The predicted octanol–water partition coefficient (Wildman–Crippen LogP) is 2.26. The predicted molar refractivity (Wildman–Crippen MR) is 75.4 cm³/mol. The Morgan fingerprint density at radius 3 is 2.75 bits per heavy atom. The van der Waals surface area contributed by atoms with Crippen molar-refractivity contribution in [1.29, 1.82) is 0 Å². The number of hydrogen-bond acceptors (Lipinski definition) is 1. The summed E-state index contributed by atoms with van der Waals surface area (Å²) in [5.74, 6) is 0.132. The Kier molecular flexibility index (Phi) is 7.03. The van der Waals surface area contributed by atoms with Gasteiger partial charge in [0.05, 0.1) is 6.54 Å². The van der Waals surface area contributed by atoms with Crippen LogP contribution < -0.4 is 11.1 Å². The summed E-state index contributed by atoms with van der Waals surface area (Å²) in [5.41, 5.74) is 6.41. The first kappa shape index (κ1) is 15.2. The molecule has 5 heteroatoms. The fraction of sp³-hybridized carbons (Fsp3) is 0.364. The lowest BCUT2D eigenvalue weighted by atomic mass is 10.2. The molecular weight excluding hydrogens is 320 g/mol. The summed E-state index contributed by atoms with van der Waals surface area (Å²) >= 11 is 0. The Hall–Kier alpha value is -0.850. The maximum Gasteiger partial charge on any atom is 0.189 e. The second-order valence-corrected chi connectivity index (χ2v) is 3.63. The molecule has 0 saturated carbocycles. The number of rotatable bonds is 3. The lowest BCUT2D eigenvalue weighted by Gasteiger charge is -2.08. The Bertz CT molecular complexity index is 353. The third kappa shape index (κ3) is 5.89. The van der Waals surface area contributed by atoms with E-state index in [9.17, 15) is 4.39 Å². The molecule has 0 unspecified atom stereocenters. The minimum absolute atomic E-state index is 0. The van der Waals surface area contributed by atoms with Gasteiger partial charge in [0.1, 0.15) is 5.82 Å². The van der Waals surface area contributed by atoms with Crippen LogP contribution in [-0.4, -0.2) is 12.0 Å². The largest absolute Gasteiger partial charge is 0.370 e. The number of nitrogens with two attached hydrogens (primary N) is 1. The molecule has 0 atom stereocenters. The third-order valence-electron chi connectivity index (χ3n) is 1.76. The molecule has 90 valence electrons. The maximum absolute atomic E-state index is 12.8. The van der Waals surface area contributed by atoms with Gasteiger partial charge in [-0.25, -0.2) is 9.38 Å². The van der Waals surface area contributed by atoms with Crippen LogP contribution in [0.1, 0.15) is 19.4 Å². The summed E-state index contributed by atoms with van der Waals surface area (Å²) in [7, 11) is 0. The van der Waals surface area contributed by atoms with Crippen LogP contribution in [0.15, 0.2) is 29.3 Å². The molecule has 0 spiro atoms. The van der Waals surface area contributed by atoms with Gasteiger partial charge in [0.25, 0.3) is 0 Å². The van der Waals surface area contributed by atoms with Gasteiger partial charge >= 0.3 is 0 Å². The highest BCUT2D eigenvalue weighted by atomic mass is 127. The molecule has 0 aliphatic rings. The minimum Gasteiger partial charge on any atom is -0.370 e. The minimum atomic E-state index is -0.252. The first-order valence-electron chi connectivity index (χ1n) is 4.89. The Morgan fingerprint density at radius 1 is 1.50 bits per heavy atom. The van der Waals surface area contributed by atoms with Gasteiger partial charge in [0.15, 0.2) is 5.96 Å². The van der Waals surface area contributed by atoms with Crippen molar-refractivity contribution in [1.82, 2.24) is 5.32 Å². The van der Waals surface area contributed by atoms with E-state index in [4.69, 9.17) is 5.73 Å². The van der Waals surface area contributed by atoms with Crippen molar-refractivity contribution in [3.63, 3.8) is 0 Å². The first-order chi connectivity index (χ1) is 7.08. The van der Waals surface area contributed by atoms with Gasteiger partial charge in [-0.3, -0.25) is 0 Å². The van der Waals surface area contributed by atoms with Gasteiger partial charge < -0.3 is 11.1 Å². The molecule has 0 fully saturated rings. The molecule has 3 N–H and O–H groups in total. The highest BCUT2D eigenvalue weighted by molar-refractivity contribution is 14.0. The van der Waals surface area contributed by atoms with Crippen LogP contribution >= 0.6 is 24.0 Å². The molecule has 16 heavy (non-hydrogen) atoms. The van der Waals surface area contributed by atoms with Crippen molar-refractivity contribution in [2.45, 2.75) is 26.4 Å². The van der Waals surface area contributed by atoms with E-state index in [0.29, 0.717) is 12.5 Å². The summed E-state index contributed by atoms with van der Waals surface area (Å²) < 4.78 is 12.8. The highest BCUT2D eigenvalue weighted by Gasteiger charge is 1.96. The molecule has 1 rings (SSSR count). The van der Waals surface area contributed by atoms with Gasteiger partial charge in [0, 0.05) is 6.04 Å². The van der Waals surface area contributed by atoms with E-state index in [1.807, 2.05) is 19.9 Å². The monoisotopic (exact) mass is 337 g/mol. The smallest absolute Gasteiger partial charge is 0.189 e. The summed E-state index contributed by atoms with van der Waals surface area (Å²) in [5, 5.41) is 2.96. The molecule has 0 aromatic heterocycles. The number of guanidine groups is 1. The summed E-state index contributed by atoms with van der Waals surface area (Å²) in [6, 6.07) is 6.58. The molecule has 0 aliphatic heterocycles. The quantitative estimate of drug-likeness (QED) is 0.505. The van der Waals surface area contributed by atoms with Crippen LogP contribution in [0, 0.1) is 5.82 Å². The molecule has 1 aromatic carbocycles. The van der Waals surface area contributed by atoms with Crippen molar-refractivity contribution in [2.24, 2.45) is 10.7 Å². The van der Waals surface area contributed by atoms with Gasteiger partial charge in [-0.1, -0.05) is 12.1 Å². The van der Waals surface area contributed by atoms with E-state index in [1.165, 1.54) is 12.1 Å². The molecule has 3 nitrogen and oxygen atoms in total. The first-order valence-corrected chi connectivity index (χ1v) is 4.89. The Balaban J connectivity index is 0.00000225. The van der Waals surface area contributed by atoms with Crippen molar-refractivity contribution in [3.8, 4) is 0 Å². The lowest BCUT2D eigenvalue weighted by molar-refractivity contribution is 0.625. The third-order valence-corrected chi connectivity index (χ3v) is 1.76. The van der Waals surface area contributed by atoms with Gasteiger partial charge in [-0.15, -0.1) is 24.0 Å². The zero-order chi connectivity index (χ0) is 11.3. The van der Waals surface area contributed by atoms with Gasteiger partial charge in [-0.2, -0.15) is 0 Å². The van der Waals surface area contributed by atoms with Crippen LogP contribution in [0.2, 0.25) is 0 Å². The topological polar surface area (TPSA) is 50.4 Å². The van der Waals surface area contributed by atoms with E-state index in [0.717, 1.165) is 5.56 Å². The average Bonchev–Trinajstić information content (AvgIpc) is 2.14. The number of halogens is 2. The SMILES string of the molecule is CC(C)NC(N)=NCc1cccc(F)c1.I. The van der Waals surface area contributed by atoms with Crippen LogP contribution in [0.25, 0.3) is 0 Å². The standard InChI is InChI=1S/C11H16FN3.HI/c1-8(2)15-11(13)14-7-9-4-3-5-10(12)6-9;/h3-6,8H,7H2,1-2H3,(H3,13,14,15);1H. The van der Waals surface area contributed by atoms with Crippen molar-refractivity contribution >= 4 is 29.9 Å². The fourth-order valence-corrected chi connectivity index (χ4v) is 1.15. The Labute approximate surface area is 112 Å². The number of aliphatic imine (C=N–C) groups is 1. The van der Waals surface area contributed by atoms with E-state index < -0.39 is 0 Å². The Morgan fingerprint density at radius 2 is 2.19 bits per heavy atom. The molecule has 0 bridgehead atoms. The van der Waals surface area contributed by atoms with Crippen molar-refractivity contribution < 1.29 is 4.39 Å². The van der Waals surface area contributed by atoms with Crippen molar-refractivity contribution in [2.75, 3.05) is 0 Å². The second-order valence-electron chi connectivity index (χ2n) is 3.63. The van der Waals surface area contributed by atoms with Crippen LogP contribution in [-0.2, 0) is 6.54 Å². The fourth-order valence-electron chi connectivity index (χ4n) is 1.15. The number of benzene rings is 1. The molecular formula is C11H17FIN3. The second kappa shape index (κ2) is 7.43. The summed E-state index contributed by atoms with van der Waals surface area (Å²) in [6.07, 6.45) is 0. The van der Waals surface area contributed by atoms with E-state index in [2.05, 4.69) is 10.3 Å². The normalized spacial score (nSPS) is 11.1. The van der Waals surface area contributed by atoms with Crippen LogP contribution in [0.5, 0.6) is 0 Å². The average molecular weight is 337 g/mol. The summed E-state index contributed by atoms with van der Waals surface area (Å²) in [6.45, 7) is 4.35. The van der Waals surface area contributed by atoms with Crippen molar-refractivity contribution in [3.05, 3.63) is 35.6 Å². The highest BCUT2D eigenvalue weighted by Crippen LogP contribution is 2.04. The number of nitrogens with one attached hydrogen (secondary N) is 1. The van der Waals surface area contributed by atoms with Crippen LogP contribution in [0.3, 0.4) is 0 Å². The van der Waals surface area contributed by atoms with E-state index >= 15 is 0 Å². The number of nitrogens with zero attached hydrogens (tertiary/aromatic N) is 1. The lowest BCUT2D eigenvalue weighted by Crippen LogP contribution is -2.36. The molecule has 0 saturated heterocycles. The molecule has 0 heterocycles. The zero-order valence-electron chi connectivity index (χ0n) is 9.40. The molecule has 0 aliphatic carbocycles. The molecule has 1 aromatic rings. The number of hydrogen-bond donors (Lipinski definition) is 2. The molecule has 0 radical (unpaired) electrons. The van der Waals surface area contributed by atoms with E-state index in [1.54, 1.807) is 6.07 Å². The van der Waals surface area contributed by atoms with Crippen LogP contribution in [0.4, 0.5) is 4.39 Å². The van der Waals surface area contributed by atoms with Gasteiger partial charge in [0.2, 0.25) is 0 Å². The van der Waals surface area contributed by atoms with Gasteiger partial charge in [-0.05, 0) is 31.5 Å². The molecule has 0 amide bonds. The van der Waals surface area contributed by atoms with E-state index in [-0.39, 0.29) is 35.8 Å².